The predicted octanol–water partition coefficient (Wildman–Crippen LogP) is 5.34. The molecular weight excluding hydrogens is 254 g/mol. The van der Waals surface area contributed by atoms with E-state index < -0.39 is 20.6 Å². The highest BCUT2D eigenvalue weighted by Crippen LogP contribution is 2.29. The maximum atomic E-state index is 7.83. The topological polar surface area (TPSA) is 12.9 Å². The molecule has 0 amide bonds. The van der Waals surface area contributed by atoms with E-state index >= 15 is 0 Å². The molecule has 0 unspecified atom stereocenters. The fourth-order valence-electron chi connectivity index (χ4n) is 2.18. The van der Waals surface area contributed by atoms with Gasteiger partial charge in [0.05, 0.1) is 5.69 Å². The van der Waals surface area contributed by atoms with Gasteiger partial charge in [0, 0.05) is 22.7 Å². The summed E-state index contributed by atoms with van der Waals surface area (Å²) in [4.78, 5) is 4.24. The smallest absolute Gasteiger partial charge is 0.0705 e. The first-order valence-corrected chi connectivity index (χ1v) is 6.54. The molecule has 0 aliphatic heterocycles. The van der Waals surface area contributed by atoms with E-state index in [9.17, 15) is 0 Å². The third kappa shape index (κ3) is 2.73. The second-order valence-corrected chi connectivity index (χ2v) is 4.78. The summed E-state index contributed by atoms with van der Waals surface area (Å²) >= 11 is 0. The molecule has 0 aliphatic rings. The van der Waals surface area contributed by atoms with Gasteiger partial charge >= 0.3 is 0 Å². The summed E-state index contributed by atoms with van der Waals surface area (Å²) in [5.74, 6) is 0. The Bertz CT molecular complexity index is 1010. The standard InChI is InChI=1S/C20H19N/c1-14-9-10-18(20-11-15(2)16(3)13-21-20)12-19(14)17-7-5-4-6-8-17/h4-13H,1-3H3/i1D3,2D3,3D2. The Labute approximate surface area is 137 Å². The van der Waals surface area contributed by atoms with Gasteiger partial charge in [-0.25, -0.2) is 0 Å². The number of aromatic nitrogens is 1. The van der Waals surface area contributed by atoms with Crippen LogP contribution in [-0.4, -0.2) is 4.98 Å². The van der Waals surface area contributed by atoms with E-state index in [1.807, 2.05) is 30.3 Å². The Balaban J connectivity index is 2.20. The van der Waals surface area contributed by atoms with E-state index in [2.05, 4.69) is 4.98 Å². The molecule has 3 aromatic rings. The predicted molar refractivity (Wildman–Crippen MR) is 89.3 cm³/mol. The van der Waals surface area contributed by atoms with Crippen LogP contribution in [0.5, 0.6) is 0 Å². The van der Waals surface area contributed by atoms with Crippen molar-refractivity contribution in [2.75, 3.05) is 0 Å². The van der Waals surface area contributed by atoms with Crippen molar-refractivity contribution >= 4 is 0 Å². The summed E-state index contributed by atoms with van der Waals surface area (Å²) in [5, 5.41) is 0. The normalized spacial score (nSPS) is 17.6. The van der Waals surface area contributed by atoms with Gasteiger partial charge in [0.1, 0.15) is 0 Å². The van der Waals surface area contributed by atoms with E-state index in [-0.39, 0.29) is 16.7 Å². The lowest BCUT2D eigenvalue weighted by molar-refractivity contribution is 1.22. The van der Waals surface area contributed by atoms with Crippen LogP contribution in [0.15, 0.2) is 60.8 Å². The van der Waals surface area contributed by atoms with Crippen molar-refractivity contribution in [2.24, 2.45) is 0 Å². The second kappa shape index (κ2) is 5.53. The Morgan fingerprint density at radius 2 is 1.67 bits per heavy atom. The van der Waals surface area contributed by atoms with Crippen molar-refractivity contribution in [3.05, 3.63) is 77.5 Å². The van der Waals surface area contributed by atoms with Gasteiger partial charge in [0.15, 0.2) is 0 Å². The fraction of sp³-hybridized carbons (Fsp3) is 0.150. The maximum absolute atomic E-state index is 7.83. The van der Waals surface area contributed by atoms with Crippen LogP contribution in [0.1, 0.15) is 27.7 Å². The van der Waals surface area contributed by atoms with Crippen molar-refractivity contribution in [2.45, 2.75) is 20.6 Å². The molecule has 0 saturated heterocycles. The molecule has 2 aromatic carbocycles. The third-order valence-electron chi connectivity index (χ3n) is 3.33. The number of pyridine rings is 1. The summed E-state index contributed by atoms with van der Waals surface area (Å²) in [6.45, 7) is -6.27. The first-order valence-electron chi connectivity index (χ1n) is 10.7. The molecule has 1 heterocycles. The molecule has 0 bridgehead atoms. The molecule has 0 aliphatic carbocycles. The molecule has 3 rings (SSSR count). The van der Waals surface area contributed by atoms with Gasteiger partial charge in [-0.1, -0.05) is 42.5 Å². The van der Waals surface area contributed by atoms with Gasteiger partial charge in [-0.05, 0) is 60.5 Å². The number of rotatable bonds is 2. The highest BCUT2D eigenvalue weighted by molar-refractivity contribution is 5.74. The number of benzene rings is 2. The molecule has 1 aromatic heterocycles. The van der Waals surface area contributed by atoms with Crippen LogP contribution < -0.4 is 0 Å². The highest BCUT2D eigenvalue weighted by Gasteiger charge is 2.06. The fourth-order valence-corrected chi connectivity index (χ4v) is 2.18. The Morgan fingerprint density at radius 1 is 0.810 bits per heavy atom. The summed E-state index contributed by atoms with van der Waals surface area (Å²) in [6, 6.07) is 15.2. The monoisotopic (exact) mass is 281 g/mol. The van der Waals surface area contributed by atoms with Crippen molar-refractivity contribution in [1.82, 2.24) is 4.98 Å². The van der Waals surface area contributed by atoms with Gasteiger partial charge in [-0.3, -0.25) is 4.98 Å². The quantitative estimate of drug-likeness (QED) is 0.617. The molecule has 1 nitrogen and oxygen atoms in total. The summed E-state index contributed by atoms with van der Waals surface area (Å²) < 4.78 is 61.8. The van der Waals surface area contributed by atoms with Crippen LogP contribution in [0.4, 0.5) is 0 Å². The second-order valence-electron chi connectivity index (χ2n) is 4.78. The molecule has 0 fully saturated rings. The van der Waals surface area contributed by atoms with E-state index in [4.69, 9.17) is 11.0 Å². The Morgan fingerprint density at radius 3 is 2.43 bits per heavy atom. The zero-order chi connectivity index (χ0) is 21.4. The first kappa shape index (κ1) is 7.04. The van der Waals surface area contributed by atoms with Crippen LogP contribution in [-0.2, 0) is 0 Å². The molecule has 0 atom stereocenters. The number of aryl methyl sites for hydroxylation is 3. The zero-order valence-electron chi connectivity index (χ0n) is 19.3. The van der Waals surface area contributed by atoms with Gasteiger partial charge in [0.2, 0.25) is 0 Å². The van der Waals surface area contributed by atoms with Crippen LogP contribution in [0, 0.1) is 20.6 Å². The number of hydrogen-bond acceptors (Lipinski definition) is 1. The lowest BCUT2D eigenvalue weighted by atomic mass is 9.96. The van der Waals surface area contributed by atoms with Crippen molar-refractivity contribution in [3.63, 3.8) is 0 Å². The number of nitrogens with zero attached hydrogens (tertiary/aromatic N) is 1. The number of hydrogen-bond donors (Lipinski definition) is 0. The molecule has 1 heteroatoms. The maximum Gasteiger partial charge on any atom is 0.0705 e. The van der Waals surface area contributed by atoms with Gasteiger partial charge in [0.25, 0.3) is 0 Å². The van der Waals surface area contributed by atoms with E-state index in [1.165, 1.54) is 18.3 Å². The molecule has 0 saturated carbocycles. The Hall–Kier alpha value is -2.41. The molecule has 0 spiro atoms. The van der Waals surface area contributed by atoms with Gasteiger partial charge < -0.3 is 0 Å². The van der Waals surface area contributed by atoms with E-state index in [1.54, 1.807) is 12.1 Å². The van der Waals surface area contributed by atoms with Crippen molar-refractivity contribution in [1.29, 1.82) is 0 Å². The van der Waals surface area contributed by atoms with Crippen molar-refractivity contribution < 1.29 is 11.0 Å². The molecule has 0 radical (unpaired) electrons. The Kier molecular flexibility index (Phi) is 1.85. The SMILES string of the molecule is [2H]C([2H])c1cnc(-c2ccc(C([2H])([2H])[2H])c(-c3ccccc3)c2)cc1C([2H])([2H])[2H]. The molecule has 21 heavy (non-hydrogen) atoms. The molecule has 0 N–H and O–H groups in total. The minimum absolute atomic E-state index is 0.0242. The summed E-state index contributed by atoms with van der Waals surface area (Å²) in [7, 11) is 0. The molecule has 104 valence electrons. The lowest BCUT2D eigenvalue weighted by Crippen LogP contribution is -1.90. The average molecular weight is 281 g/mol. The largest absolute Gasteiger partial charge is 0.256 e. The van der Waals surface area contributed by atoms with Crippen LogP contribution in [0.3, 0.4) is 0 Å². The van der Waals surface area contributed by atoms with Crippen LogP contribution in [0.2, 0.25) is 0 Å². The lowest BCUT2D eigenvalue weighted by Gasteiger charge is -2.10. The van der Waals surface area contributed by atoms with Crippen LogP contribution >= 0.6 is 0 Å². The van der Waals surface area contributed by atoms with Gasteiger partial charge in [-0.2, -0.15) is 0 Å². The van der Waals surface area contributed by atoms with Gasteiger partial charge in [-0.15, -0.1) is 0 Å². The van der Waals surface area contributed by atoms with E-state index in [0.29, 0.717) is 16.8 Å². The first-order chi connectivity index (χ1) is 13.5. The van der Waals surface area contributed by atoms with Crippen LogP contribution in [0.25, 0.3) is 22.4 Å². The average Bonchev–Trinajstić information content (AvgIpc) is 2.66. The zero-order valence-corrected chi connectivity index (χ0v) is 11.3. The minimum atomic E-state index is -2.49. The third-order valence-corrected chi connectivity index (χ3v) is 3.33. The summed E-state index contributed by atoms with van der Waals surface area (Å²) in [6.07, 6.45) is 1.24. The minimum Gasteiger partial charge on any atom is -0.256 e. The van der Waals surface area contributed by atoms with Crippen molar-refractivity contribution in [3.8, 4) is 22.4 Å². The highest BCUT2D eigenvalue weighted by atomic mass is 14.7. The molecular formula is C20H19N. The van der Waals surface area contributed by atoms with E-state index in [0.717, 1.165) is 5.56 Å². The summed E-state index contributed by atoms with van der Waals surface area (Å²) in [5.41, 5.74) is 2.26.